The lowest BCUT2D eigenvalue weighted by molar-refractivity contribution is -0.115. The molecular formula is C11H15ClN2O3S. The van der Waals surface area contributed by atoms with Crippen LogP contribution in [0.2, 0.25) is 5.02 Å². The zero-order chi connectivity index (χ0) is 13.8. The van der Waals surface area contributed by atoms with Crippen molar-refractivity contribution in [3.05, 3.63) is 23.2 Å². The second-order valence-electron chi connectivity index (χ2n) is 3.60. The van der Waals surface area contributed by atoms with Crippen molar-refractivity contribution in [1.82, 2.24) is 0 Å². The van der Waals surface area contributed by atoms with Gasteiger partial charge in [0.1, 0.15) is 0 Å². The summed E-state index contributed by atoms with van der Waals surface area (Å²) in [6.45, 7) is 3.25. The highest BCUT2D eigenvalue weighted by Gasteiger charge is 2.11. The van der Waals surface area contributed by atoms with Gasteiger partial charge in [-0.25, -0.2) is 8.42 Å². The van der Waals surface area contributed by atoms with Crippen molar-refractivity contribution in [2.45, 2.75) is 20.3 Å². The third-order valence-electron chi connectivity index (χ3n) is 2.22. The van der Waals surface area contributed by atoms with Gasteiger partial charge in [0, 0.05) is 12.1 Å². The monoisotopic (exact) mass is 290 g/mol. The van der Waals surface area contributed by atoms with Crippen molar-refractivity contribution >= 4 is 38.9 Å². The normalized spacial score (nSPS) is 11.1. The lowest BCUT2D eigenvalue weighted by atomic mass is 10.2. The van der Waals surface area contributed by atoms with Crippen molar-refractivity contribution in [2.24, 2.45) is 0 Å². The maximum absolute atomic E-state index is 11.5. The van der Waals surface area contributed by atoms with Crippen molar-refractivity contribution in [1.29, 1.82) is 0 Å². The number of benzene rings is 1. The Morgan fingerprint density at radius 1 is 1.33 bits per heavy atom. The molecule has 0 aliphatic rings. The summed E-state index contributed by atoms with van der Waals surface area (Å²) < 4.78 is 25.3. The Morgan fingerprint density at radius 3 is 2.56 bits per heavy atom. The van der Waals surface area contributed by atoms with Crippen LogP contribution >= 0.6 is 11.6 Å². The number of rotatable bonds is 5. The number of hydrogen-bond donors (Lipinski definition) is 2. The van der Waals surface area contributed by atoms with E-state index < -0.39 is 10.0 Å². The molecular weight excluding hydrogens is 276 g/mol. The molecule has 0 spiro atoms. The predicted molar refractivity (Wildman–Crippen MR) is 73.5 cm³/mol. The highest BCUT2D eigenvalue weighted by atomic mass is 35.5. The van der Waals surface area contributed by atoms with Gasteiger partial charge < -0.3 is 5.32 Å². The van der Waals surface area contributed by atoms with Crippen molar-refractivity contribution < 1.29 is 13.2 Å². The first-order valence-electron chi connectivity index (χ1n) is 5.48. The fraction of sp³-hybridized carbons (Fsp3) is 0.364. The lowest BCUT2D eigenvalue weighted by Crippen LogP contribution is -2.15. The fourth-order valence-electron chi connectivity index (χ4n) is 1.17. The van der Waals surface area contributed by atoms with E-state index >= 15 is 0 Å². The minimum atomic E-state index is -3.39. The number of halogens is 1. The van der Waals surface area contributed by atoms with Gasteiger partial charge in [0.05, 0.1) is 16.5 Å². The van der Waals surface area contributed by atoms with E-state index in [2.05, 4.69) is 10.0 Å². The molecule has 0 saturated carbocycles. The van der Waals surface area contributed by atoms with E-state index in [9.17, 15) is 13.2 Å². The fourth-order valence-corrected chi connectivity index (χ4v) is 2.04. The average Bonchev–Trinajstić information content (AvgIpc) is 2.33. The first kappa shape index (κ1) is 14.8. The number of nitrogens with one attached hydrogen (secondary N) is 2. The van der Waals surface area contributed by atoms with E-state index in [1.165, 1.54) is 19.1 Å². The summed E-state index contributed by atoms with van der Waals surface area (Å²) in [5, 5.41) is 2.91. The Balaban J connectivity index is 2.98. The number of sulfonamides is 1. The van der Waals surface area contributed by atoms with Crippen LogP contribution in [0.25, 0.3) is 0 Å². The molecule has 7 heteroatoms. The van der Waals surface area contributed by atoms with Gasteiger partial charge in [-0.3, -0.25) is 9.52 Å². The van der Waals surface area contributed by atoms with Gasteiger partial charge in [-0.15, -0.1) is 0 Å². The summed E-state index contributed by atoms with van der Waals surface area (Å²) in [7, 11) is -3.39. The van der Waals surface area contributed by atoms with Crippen LogP contribution < -0.4 is 10.0 Å². The number of carbonyl (C=O) groups is 1. The molecule has 0 aliphatic carbocycles. The highest BCUT2D eigenvalue weighted by Crippen LogP contribution is 2.26. The Kier molecular flexibility index (Phi) is 4.98. The molecule has 5 nitrogen and oxygen atoms in total. The van der Waals surface area contributed by atoms with E-state index in [1.807, 2.05) is 0 Å². The van der Waals surface area contributed by atoms with Crippen LogP contribution in [0.5, 0.6) is 0 Å². The summed E-state index contributed by atoms with van der Waals surface area (Å²) in [6, 6.07) is 4.63. The first-order chi connectivity index (χ1) is 8.38. The molecule has 2 N–H and O–H groups in total. The Labute approximate surface area is 112 Å². The molecule has 0 saturated heterocycles. The molecule has 0 radical (unpaired) electrons. The molecule has 0 atom stereocenters. The van der Waals surface area contributed by atoms with Crippen molar-refractivity contribution in [2.75, 3.05) is 15.8 Å². The molecule has 100 valence electrons. The molecule has 1 aromatic rings. The quantitative estimate of drug-likeness (QED) is 0.874. The van der Waals surface area contributed by atoms with Crippen LogP contribution in [0.15, 0.2) is 18.2 Å². The second kappa shape index (κ2) is 6.06. The maximum Gasteiger partial charge on any atom is 0.232 e. The van der Waals surface area contributed by atoms with Gasteiger partial charge in [-0.05, 0) is 25.1 Å². The molecule has 0 unspecified atom stereocenters. The zero-order valence-corrected chi connectivity index (χ0v) is 11.7. The van der Waals surface area contributed by atoms with Crippen LogP contribution in [0, 0.1) is 0 Å². The van der Waals surface area contributed by atoms with Gasteiger partial charge in [0.2, 0.25) is 15.9 Å². The number of anilines is 2. The largest absolute Gasteiger partial charge is 0.326 e. The predicted octanol–water partition coefficient (Wildman–Crippen LogP) is 2.45. The topological polar surface area (TPSA) is 75.3 Å². The maximum atomic E-state index is 11.5. The Hall–Kier alpha value is -1.27. The Morgan fingerprint density at radius 2 is 2.00 bits per heavy atom. The summed E-state index contributed by atoms with van der Waals surface area (Å²) in [6.07, 6.45) is 0.346. The molecule has 0 aliphatic heterocycles. The smallest absolute Gasteiger partial charge is 0.232 e. The minimum absolute atomic E-state index is 0.0468. The van der Waals surface area contributed by atoms with Gasteiger partial charge in [0.25, 0.3) is 0 Å². The molecule has 0 aromatic heterocycles. The van der Waals surface area contributed by atoms with E-state index in [-0.39, 0.29) is 22.4 Å². The zero-order valence-electron chi connectivity index (χ0n) is 10.2. The van der Waals surface area contributed by atoms with E-state index in [0.717, 1.165) is 0 Å². The van der Waals surface area contributed by atoms with Gasteiger partial charge in [-0.2, -0.15) is 0 Å². The molecule has 18 heavy (non-hydrogen) atoms. The Bertz CT molecular complexity index is 543. The van der Waals surface area contributed by atoms with Gasteiger partial charge in [0.15, 0.2) is 0 Å². The SMILES string of the molecule is CCC(=O)Nc1ccc(Cl)c(NS(=O)(=O)CC)c1. The molecule has 0 fully saturated rings. The number of hydrogen-bond acceptors (Lipinski definition) is 3. The summed E-state index contributed by atoms with van der Waals surface area (Å²) in [4.78, 5) is 11.2. The third kappa shape index (κ3) is 4.19. The molecule has 0 bridgehead atoms. The van der Waals surface area contributed by atoms with Crippen LogP contribution in [-0.2, 0) is 14.8 Å². The van der Waals surface area contributed by atoms with E-state index in [1.54, 1.807) is 13.0 Å². The standard InChI is InChI=1S/C11H15ClN2O3S/c1-3-11(15)13-8-5-6-9(12)10(7-8)14-18(16,17)4-2/h5-7,14H,3-4H2,1-2H3,(H,13,15). The first-order valence-corrected chi connectivity index (χ1v) is 7.51. The van der Waals surface area contributed by atoms with Crippen LogP contribution in [0.4, 0.5) is 11.4 Å². The number of amides is 1. The van der Waals surface area contributed by atoms with E-state index in [0.29, 0.717) is 12.1 Å². The molecule has 1 rings (SSSR count). The van der Waals surface area contributed by atoms with E-state index in [4.69, 9.17) is 11.6 Å². The van der Waals surface area contributed by atoms with Crippen LogP contribution in [0.1, 0.15) is 20.3 Å². The summed E-state index contributed by atoms with van der Waals surface area (Å²) in [5.74, 6) is -0.198. The summed E-state index contributed by atoms with van der Waals surface area (Å²) >= 11 is 5.89. The lowest BCUT2D eigenvalue weighted by Gasteiger charge is -2.10. The number of carbonyl (C=O) groups excluding carboxylic acids is 1. The van der Waals surface area contributed by atoms with Crippen LogP contribution in [-0.4, -0.2) is 20.1 Å². The molecule has 1 aromatic carbocycles. The minimum Gasteiger partial charge on any atom is -0.326 e. The molecule has 0 heterocycles. The van der Waals surface area contributed by atoms with Crippen LogP contribution in [0.3, 0.4) is 0 Å². The average molecular weight is 291 g/mol. The third-order valence-corrected chi connectivity index (χ3v) is 3.84. The van der Waals surface area contributed by atoms with Gasteiger partial charge >= 0.3 is 0 Å². The van der Waals surface area contributed by atoms with Crippen molar-refractivity contribution in [3.8, 4) is 0 Å². The van der Waals surface area contributed by atoms with Gasteiger partial charge in [-0.1, -0.05) is 18.5 Å². The summed E-state index contributed by atoms with van der Waals surface area (Å²) in [5.41, 5.74) is 0.757. The molecule has 1 amide bonds. The highest BCUT2D eigenvalue weighted by molar-refractivity contribution is 7.92. The van der Waals surface area contributed by atoms with Crippen molar-refractivity contribution in [3.63, 3.8) is 0 Å². The second-order valence-corrected chi connectivity index (χ2v) is 6.02.